The van der Waals surface area contributed by atoms with Crippen molar-refractivity contribution in [3.8, 4) is 0 Å². The first-order valence-electron chi connectivity index (χ1n) is 12.7. The maximum Gasteiger partial charge on any atom is 0.434 e. The number of β-lactam (4-membered cyclic amide) rings is 1. The minimum absolute atomic E-state index is 0.0283. The molecular weight excluding hydrogens is 609 g/mol. The molecule has 4 heterocycles. The zero-order chi connectivity index (χ0) is 30.3. The summed E-state index contributed by atoms with van der Waals surface area (Å²) in [5.74, 6) is -2.46. The summed E-state index contributed by atoms with van der Waals surface area (Å²) < 4.78 is 29.1. The lowest BCUT2D eigenvalue weighted by atomic mass is 10.0. The minimum atomic E-state index is -3.73. The molecule has 2 aromatic heterocycles. The third-order valence-corrected chi connectivity index (χ3v) is 9.52. The summed E-state index contributed by atoms with van der Waals surface area (Å²) in [5.41, 5.74) is 0.117. The molecule has 2 aliphatic heterocycles. The van der Waals surface area contributed by atoms with Gasteiger partial charge in [0.15, 0.2) is 18.9 Å². The molecule has 2 amide bonds. The number of aliphatic carboxylic acids is 1. The molecule has 3 N–H and O–H groups in total. The van der Waals surface area contributed by atoms with Crippen LogP contribution in [0.1, 0.15) is 19.7 Å². The van der Waals surface area contributed by atoms with Crippen molar-refractivity contribution in [3.63, 3.8) is 0 Å². The Morgan fingerprint density at radius 3 is 2.64 bits per heavy atom. The van der Waals surface area contributed by atoms with Gasteiger partial charge in [0.2, 0.25) is 16.7 Å². The Labute approximate surface area is 249 Å². The van der Waals surface area contributed by atoms with Gasteiger partial charge < -0.3 is 15.3 Å². The van der Waals surface area contributed by atoms with Crippen LogP contribution in [0.4, 0.5) is 5.13 Å². The zero-order valence-electron chi connectivity index (χ0n) is 22.7. The molecule has 18 heteroatoms. The number of thioether (sulfide) groups is 1. The third kappa shape index (κ3) is 7.04. The van der Waals surface area contributed by atoms with E-state index in [1.54, 1.807) is 26.2 Å². The van der Waals surface area contributed by atoms with Crippen LogP contribution in [0.3, 0.4) is 0 Å². The Hall–Kier alpha value is -3.63. The Morgan fingerprint density at radius 2 is 2.00 bits per heavy atom. The molecule has 1 saturated heterocycles. The number of carboxylic acid groups (broad SMARTS) is 1. The maximum atomic E-state index is 13.3. The third-order valence-electron chi connectivity index (χ3n) is 5.72. The Balaban J connectivity index is 1.52. The van der Waals surface area contributed by atoms with E-state index >= 15 is 0 Å². The van der Waals surface area contributed by atoms with E-state index in [0.717, 1.165) is 11.5 Å². The molecule has 0 spiro atoms. The van der Waals surface area contributed by atoms with Gasteiger partial charge in [-0.2, -0.15) is 9.36 Å². The second-order valence-electron chi connectivity index (χ2n) is 8.56. The van der Waals surface area contributed by atoms with Gasteiger partial charge in [0.1, 0.15) is 23.7 Å². The van der Waals surface area contributed by atoms with Gasteiger partial charge in [0.05, 0.1) is 13.2 Å². The highest BCUT2D eigenvalue weighted by Gasteiger charge is 2.55. The van der Waals surface area contributed by atoms with Crippen LogP contribution in [0.5, 0.6) is 0 Å². The van der Waals surface area contributed by atoms with Crippen LogP contribution in [0.15, 0.2) is 59.7 Å². The van der Waals surface area contributed by atoms with E-state index in [0.29, 0.717) is 17.9 Å². The molecule has 2 atom stereocenters. The Morgan fingerprint density at radius 1 is 1.29 bits per heavy atom. The molecule has 0 saturated carbocycles. The summed E-state index contributed by atoms with van der Waals surface area (Å²) in [6.45, 7) is 7.32. The molecule has 0 aromatic carbocycles. The summed E-state index contributed by atoms with van der Waals surface area (Å²) in [5, 5.41) is 18.3. The number of carbonyl (C=O) groups is 3. The second-order valence-corrected chi connectivity index (χ2v) is 12.2. The van der Waals surface area contributed by atoms with Crippen molar-refractivity contribution in [1.82, 2.24) is 19.6 Å². The molecule has 0 aliphatic carbocycles. The van der Waals surface area contributed by atoms with Crippen LogP contribution in [0.25, 0.3) is 0 Å². The van der Waals surface area contributed by atoms with Gasteiger partial charge in [-0.15, -0.1) is 11.8 Å². The number of oxime groups is 1. The Kier molecular flexibility index (Phi) is 10.5. The summed E-state index contributed by atoms with van der Waals surface area (Å²) >= 11 is 2.12. The summed E-state index contributed by atoms with van der Waals surface area (Å²) in [6.07, 6.45) is 5.02. The van der Waals surface area contributed by atoms with Crippen LogP contribution in [0, 0.1) is 0 Å². The number of nitrogens with zero attached hydrogens (tertiary/aromatic N) is 5. The highest BCUT2D eigenvalue weighted by molar-refractivity contribution is 8.00. The number of carboxylic acids is 1. The molecule has 1 unspecified atom stereocenters. The second kappa shape index (κ2) is 14.0. The SMILES string of the molecule is C=CCON=C(C(=O)NC1C(=O)N2C(C(=O)O)=C(C[n+]3ccccc3)CS[C@@H]12)c1nsc(NP(=O)(OCC)OCC)n1. The van der Waals surface area contributed by atoms with Crippen molar-refractivity contribution in [1.29, 1.82) is 0 Å². The van der Waals surface area contributed by atoms with Crippen molar-refractivity contribution in [2.24, 2.45) is 5.16 Å². The molecule has 42 heavy (non-hydrogen) atoms. The summed E-state index contributed by atoms with van der Waals surface area (Å²) in [6, 6.07) is 4.47. The lowest BCUT2D eigenvalue weighted by Gasteiger charge is -2.49. The molecule has 224 valence electrons. The molecule has 2 aromatic rings. The van der Waals surface area contributed by atoms with E-state index in [1.165, 1.54) is 22.7 Å². The van der Waals surface area contributed by atoms with Crippen LogP contribution < -0.4 is 15.0 Å². The van der Waals surface area contributed by atoms with Gasteiger partial charge in [-0.25, -0.2) is 13.9 Å². The average Bonchev–Trinajstić information content (AvgIpc) is 3.41. The first kappa shape index (κ1) is 31.3. The fourth-order valence-corrected chi connectivity index (χ4v) is 7.47. The molecular formula is C24H29N7O8PS2+. The van der Waals surface area contributed by atoms with Crippen molar-refractivity contribution in [2.75, 3.05) is 30.7 Å². The number of nitrogens with one attached hydrogen (secondary N) is 2. The molecule has 0 radical (unpaired) electrons. The number of hydrogen-bond donors (Lipinski definition) is 3. The van der Waals surface area contributed by atoms with E-state index < -0.39 is 36.9 Å². The highest BCUT2D eigenvalue weighted by Crippen LogP contribution is 2.48. The number of amides is 2. The van der Waals surface area contributed by atoms with Crippen LogP contribution in [-0.4, -0.2) is 79.8 Å². The maximum absolute atomic E-state index is 13.3. The number of anilines is 1. The van der Waals surface area contributed by atoms with Crippen molar-refractivity contribution < 1.29 is 42.5 Å². The molecule has 4 rings (SSSR count). The minimum Gasteiger partial charge on any atom is -0.477 e. The van der Waals surface area contributed by atoms with Crippen LogP contribution in [-0.2, 0) is 39.4 Å². The van der Waals surface area contributed by atoms with E-state index in [9.17, 15) is 24.1 Å². The van der Waals surface area contributed by atoms with Gasteiger partial charge in [0.25, 0.3) is 11.8 Å². The molecule has 15 nitrogen and oxygen atoms in total. The molecule has 2 aliphatic rings. The van der Waals surface area contributed by atoms with E-state index in [2.05, 4.69) is 31.5 Å². The fourth-order valence-electron chi connectivity index (χ4n) is 4.04. The average molecular weight is 639 g/mol. The topological polar surface area (TPSA) is 186 Å². The number of carbonyl (C=O) groups excluding carboxylic acids is 2. The summed E-state index contributed by atoms with van der Waals surface area (Å²) in [7, 11) is -3.73. The van der Waals surface area contributed by atoms with Gasteiger partial charge in [-0.1, -0.05) is 23.9 Å². The van der Waals surface area contributed by atoms with Crippen LogP contribution in [0.2, 0.25) is 0 Å². The van der Waals surface area contributed by atoms with E-state index in [-0.39, 0.29) is 42.2 Å². The number of fused-ring (bicyclic) bond motifs is 1. The quantitative estimate of drug-likeness (QED) is 0.0489. The van der Waals surface area contributed by atoms with Crippen molar-refractivity contribution in [2.45, 2.75) is 31.8 Å². The number of pyridine rings is 1. The number of aromatic nitrogens is 3. The van der Waals surface area contributed by atoms with E-state index in [4.69, 9.17) is 13.9 Å². The molecule has 1 fully saturated rings. The number of rotatable bonds is 15. The molecule has 0 bridgehead atoms. The van der Waals surface area contributed by atoms with Crippen molar-refractivity contribution >= 4 is 59.7 Å². The van der Waals surface area contributed by atoms with E-state index in [1.807, 2.05) is 22.8 Å². The smallest absolute Gasteiger partial charge is 0.434 e. The van der Waals surface area contributed by atoms with Crippen LogP contribution >= 0.6 is 31.0 Å². The predicted octanol–water partition coefficient (Wildman–Crippen LogP) is 1.76. The van der Waals surface area contributed by atoms with Gasteiger partial charge in [-0.3, -0.25) is 28.6 Å². The van der Waals surface area contributed by atoms with Gasteiger partial charge in [0, 0.05) is 35.0 Å². The Bertz CT molecular complexity index is 1440. The lowest BCUT2D eigenvalue weighted by molar-refractivity contribution is -0.689. The van der Waals surface area contributed by atoms with Gasteiger partial charge >= 0.3 is 13.7 Å². The highest BCUT2D eigenvalue weighted by atomic mass is 32.2. The standard InChI is InChI=1S/C24H28N7O8PS2/c1-4-12-37-27-16(19-26-24(42-29-19)28-40(36,38-5-2)39-6-3)20(32)25-17-21(33)31-18(23(34)35)15(14-41-22(17)31)13-30-10-8-7-9-11-30/h4,7-11,17,22H,1,5-6,12-14H2,2-3H3,(H2-,25,26,28,29,32,34,35,36)/p+1/t17?,22-/m0/s1. The van der Waals surface area contributed by atoms with Gasteiger partial charge in [-0.05, 0) is 13.8 Å². The van der Waals surface area contributed by atoms with Crippen molar-refractivity contribution in [3.05, 3.63) is 60.3 Å². The normalized spacial score (nSPS) is 18.7. The monoisotopic (exact) mass is 638 g/mol. The first-order valence-corrected chi connectivity index (χ1v) is 16.0. The predicted molar refractivity (Wildman–Crippen MR) is 153 cm³/mol. The lowest BCUT2D eigenvalue weighted by Crippen LogP contribution is -2.71. The number of hydrogen-bond acceptors (Lipinski definition) is 12. The summed E-state index contributed by atoms with van der Waals surface area (Å²) in [4.78, 5) is 49.1. The first-order chi connectivity index (χ1) is 20.2. The zero-order valence-corrected chi connectivity index (χ0v) is 25.2. The largest absolute Gasteiger partial charge is 0.477 e. The fraction of sp³-hybridized carbons (Fsp3) is 0.375.